The third-order valence-electron chi connectivity index (χ3n) is 4.91. The van der Waals surface area contributed by atoms with Gasteiger partial charge >= 0.3 is 0 Å². The highest BCUT2D eigenvalue weighted by atomic mass is 14.9. The molecule has 0 fully saturated rings. The Morgan fingerprint density at radius 1 is 0.760 bits per heavy atom. The Morgan fingerprint density at radius 2 is 1.44 bits per heavy atom. The number of aromatic nitrogens is 1. The number of nitrogens with zero attached hydrogens (tertiary/aromatic N) is 1. The van der Waals surface area contributed by atoms with E-state index in [4.69, 9.17) is 0 Å². The normalized spacial score (nSPS) is 11.6. The van der Waals surface area contributed by atoms with Crippen LogP contribution in [0.3, 0.4) is 0 Å². The molecular formula is C24H28N+. The maximum absolute atomic E-state index is 2.38. The van der Waals surface area contributed by atoms with Gasteiger partial charge in [0.05, 0.1) is 0 Å². The summed E-state index contributed by atoms with van der Waals surface area (Å²) in [5.41, 5.74) is 9.33. The van der Waals surface area contributed by atoms with Crippen molar-refractivity contribution in [3.8, 4) is 22.4 Å². The van der Waals surface area contributed by atoms with Crippen molar-refractivity contribution in [2.75, 3.05) is 0 Å². The highest BCUT2D eigenvalue weighted by Gasteiger charge is 2.21. The summed E-state index contributed by atoms with van der Waals surface area (Å²) >= 11 is 0. The molecule has 2 aromatic carbocycles. The largest absolute Gasteiger partial charge is 0.213 e. The average Bonchev–Trinajstić information content (AvgIpc) is 2.55. The second-order valence-electron chi connectivity index (χ2n) is 8.01. The third-order valence-corrected chi connectivity index (χ3v) is 4.91. The molecule has 1 aromatic heterocycles. The van der Waals surface area contributed by atoms with Gasteiger partial charge in [-0.2, -0.15) is 0 Å². The molecule has 3 aromatic rings. The Hall–Kier alpha value is -2.41. The van der Waals surface area contributed by atoms with Gasteiger partial charge in [0, 0.05) is 17.7 Å². The van der Waals surface area contributed by atoms with Crippen molar-refractivity contribution in [3.63, 3.8) is 0 Å². The molecule has 0 atom stereocenters. The first-order chi connectivity index (χ1) is 11.8. The van der Waals surface area contributed by atoms with E-state index in [2.05, 4.69) is 107 Å². The molecule has 0 unspecified atom stereocenters. The van der Waals surface area contributed by atoms with Gasteiger partial charge < -0.3 is 0 Å². The first-order valence-electron chi connectivity index (χ1n) is 8.94. The monoisotopic (exact) mass is 330 g/mol. The Balaban J connectivity index is 2.20. The Morgan fingerprint density at radius 3 is 2.08 bits per heavy atom. The Bertz CT molecular complexity index is 899. The summed E-state index contributed by atoms with van der Waals surface area (Å²) in [5, 5.41) is 0. The average molecular weight is 330 g/mol. The van der Waals surface area contributed by atoms with Crippen LogP contribution in [0.15, 0.2) is 60.8 Å². The highest BCUT2D eigenvalue weighted by Crippen LogP contribution is 2.33. The maximum Gasteiger partial charge on any atom is 0.213 e. The minimum atomic E-state index is 0.141. The second kappa shape index (κ2) is 6.48. The second-order valence-corrected chi connectivity index (χ2v) is 8.01. The molecule has 0 saturated carbocycles. The molecule has 0 bridgehead atoms. The molecule has 1 heterocycles. The first-order valence-corrected chi connectivity index (χ1v) is 8.94. The predicted octanol–water partition coefficient (Wildman–Crippen LogP) is 5.76. The molecule has 0 aliphatic heterocycles. The van der Waals surface area contributed by atoms with Crippen LogP contribution in [0.5, 0.6) is 0 Å². The first kappa shape index (κ1) is 17.4. The van der Waals surface area contributed by atoms with Crippen LogP contribution in [-0.4, -0.2) is 0 Å². The molecule has 1 nitrogen and oxygen atoms in total. The lowest BCUT2D eigenvalue weighted by Gasteiger charge is -2.23. The Labute approximate surface area is 152 Å². The summed E-state index contributed by atoms with van der Waals surface area (Å²) < 4.78 is 2.22. The number of pyridine rings is 1. The standard InChI is InChI=1S/C24H28N/c1-17-14-18(2)22(24(3,4)5)16-21(17)23-15-20(12-13-25(23)6)19-10-8-7-9-11-19/h7-16H,1-6H3/q+1. The minimum Gasteiger partial charge on any atom is -0.201 e. The number of hydrogen-bond acceptors (Lipinski definition) is 0. The zero-order chi connectivity index (χ0) is 18.2. The van der Waals surface area contributed by atoms with E-state index in [1.165, 1.54) is 39.1 Å². The SMILES string of the molecule is Cc1cc(C)c(C(C)(C)C)cc1-c1cc(-c2ccccc2)cc[n+]1C. The van der Waals surface area contributed by atoms with Crippen LogP contribution < -0.4 is 4.57 Å². The van der Waals surface area contributed by atoms with E-state index in [1.807, 2.05) is 0 Å². The number of benzene rings is 2. The van der Waals surface area contributed by atoms with Gasteiger partial charge in [-0.1, -0.05) is 57.2 Å². The molecule has 0 saturated heterocycles. The topological polar surface area (TPSA) is 3.88 Å². The predicted molar refractivity (Wildman–Crippen MR) is 107 cm³/mol. The summed E-state index contributed by atoms with van der Waals surface area (Å²) in [6.07, 6.45) is 2.16. The summed E-state index contributed by atoms with van der Waals surface area (Å²) in [5.74, 6) is 0. The Kier molecular flexibility index (Phi) is 4.51. The van der Waals surface area contributed by atoms with Gasteiger partial charge in [-0.25, -0.2) is 4.57 Å². The van der Waals surface area contributed by atoms with Crippen molar-refractivity contribution in [1.82, 2.24) is 0 Å². The van der Waals surface area contributed by atoms with Crippen molar-refractivity contribution >= 4 is 0 Å². The van der Waals surface area contributed by atoms with Crippen LogP contribution >= 0.6 is 0 Å². The van der Waals surface area contributed by atoms with Gasteiger partial charge in [-0.3, -0.25) is 0 Å². The molecule has 128 valence electrons. The van der Waals surface area contributed by atoms with E-state index in [0.717, 1.165) is 0 Å². The van der Waals surface area contributed by atoms with Gasteiger partial charge in [-0.05, 0) is 53.1 Å². The maximum atomic E-state index is 2.38. The van der Waals surface area contributed by atoms with Crippen LogP contribution in [0.4, 0.5) is 0 Å². The number of rotatable bonds is 2. The van der Waals surface area contributed by atoms with Crippen molar-refractivity contribution in [3.05, 3.63) is 77.5 Å². The summed E-state index contributed by atoms with van der Waals surface area (Å²) in [6, 6.07) is 19.8. The van der Waals surface area contributed by atoms with E-state index < -0.39 is 0 Å². The van der Waals surface area contributed by atoms with E-state index in [9.17, 15) is 0 Å². The lowest BCUT2D eigenvalue weighted by Crippen LogP contribution is -2.30. The molecule has 25 heavy (non-hydrogen) atoms. The number of aryl methyl sites for hydroxylation is 3. The molecule has 3 rings (SSSR count). The zero-order valence-corrected chi connectivity index (χ0v) is 16.2. The molecule has 0 aliphatic carbocycles. The van der Waals surface area contributed by atoms with Gasteiger partial charge in [0.2, 0.25) is 5.69 Å². The van der Waals surface area contributed by atoms with E-state index in [-0.39, 0.29) is 5.41 Å². The van der Waals surface area contributed by atoms with Crippen LogP contribution in [0.1, 0.15) is 37.5 Å². The lowest BCUT2D eigenvalue weighted by atomic mass is 9.81. The van der Waals surface area contributed by atoms with Crippen molar-refractivity contribution in [2.45, 2.75) is 40.0 Å². The summed E-state index contributed by atoms with van der Waals surface area (Å²) in [7, 11) is 2.13. The van der Waals surface area contributed by atoms with Crippen molar-refractivity contribution in [2.24, 2.45) is 7.05 Å². The molecule has 0 aliphatic rings. The summed E-state index contributed by atoms with van der Waals surface area (Å²) in [4.78, 5) is 0. The molecule has 1 heteroatoms. The third kappa shape index (κ3) is 3.51. The van der Waals surface area contributed by atoms with Crippen LogP contribution in [0, 0.1) is 13.8 Å². The number of hydrogen-bond donors (Lipinski definition) is 0. The molecule has 0 amide bonds. The molecule has 0 spiro atoms. The zero-order valence-electron chi connectivity index (χ0n) is 16.2. The van der Waals surface area contributed by atoms with Crippen molar-refractivity contribution < 1.29 is 4.57 Å². The molecule has 0 radical (unpaired) electrons. The fourth-order valence-electron chi connectivity index (χ4n) is 3.58. The van der Waals surface area contributed by atoms with Crippen LogP contribution in [0.2, 0.25) is 0 Å². The quantitative estimate of drug-likeness (QED) is 0.526. The van der Waals surface area contributed by atoms with Gasteiger partial charge in [0.15, 0.2) is 6.20 Å². The van der Waals surface area contributed by atoms with E-state index in [0.29, 0.717) is 0 Å². The minimum absolute atomic E-state index is 0.141. The smallest absolute Gasteiger partial charge is 0.201 e. The highest BCUT2D eigenvalue weighted by molar-refractivity contribution is 5.71. The lowest BCUT2D eigenvalue weighted by molar-refractivity contribution is -0.660. The fraction of sp³-hybridized carbons (Fsp3) is 0.292. The molecular weight excluding hydrogens is 302 g/mol. The van der Waals surface area contributed by atoms with E-state index in [1.54, 1.807) is 0 Å². The van der Waals surface area contributed by atoms with E-state index >= 15 is 0 Å². The summed E-state index contributed by atoms with van der Waals surface area (Å²) in [6.45, 7) is 11.3. The fourth-order valence-corrected chi connectivity index (χ4v) is 3.58. The van der Waals surface area contributed by atoms with Crippen LogP contribution in [0.25, 0.3) is 22.4 Å². The van der Waals surface area contributed by atoms with Gasteiger partial charge in [0.1, 0.15) is 7.05 Å². The van der Waals surface area contributed by atoms with Gasteiger partial charge in [-0.15, -0.1) is 0 Å². The van der Waals surface area contributed by atoms with Crippen molar-refractivity contribution in [1.29, 1.82) is 0 Å². The molecule has 0 N–H and O–H groups in total. The van der Waals surface area contributed by atoms with Crippen LogP contribution in [-0.2, 0) is 12.5 Å². The van der Waals surface area contributed by atoms with Gasteiger partial charge in [0.25, 0.3) is 0 Å².